The molecule has 6 rings (SSSR count). The van der Waals surface area contributed by atoms with Crippen molar-refractivity contribution >= 4 is 46.2 Å². The number of carbonyl (C=O) groups is 3. The van der Waals surface area contributed by atoms with Crippen LogP contribution in [-0.2, 0) is 23.9 Å². The summed E-state index contributed by atoms with van der Waals surface area (Å²) < 4.78 is 49.4. The average Bonchev–Trinajstić information content (AvgIpc) is 3.52. The van der Waals surface area contributed by atoms with Crippen LogP contribution in [-0.4, -0.2) is 47.0 Å². The average molecular weight is 762 g/mol. The molecule has 0 spiro atoms. The van der Waals surface area contributed by atoms with Gasteiger partial charge in [0.05, 0.1) is 18.7 Å². The lowest BCUT2D eigenvalue weighted by atomic mass is 9.88. The van der Waals surface area contributed by atoms with E-state index in [1.165, 1.54) is 25.1 Å². The van der Waals surface area contributed by atoms with Crippen molar-refractivity contribution in [3.8, 4) is 17.6 Å². The Hall–Kier alpha value is -6.49. The summed E-state index contributed by atoms with van der Waals surface area (Å²) in [7, 11) is 0. The predicted octanol–water partition coefficient (Wildman–Crippen LogP) is 8.45. The quantitative estimate of drug-likeness (QED) is 0.0754. The molecule has 4 aromatic rings. The number of ether oxygens (including phenoxy) is 4. The number of hydrogen-bond acceptors (Lipinski definition) is 9. The van der Waals surface area contributed by atoms with Crippen LogP contribution in [0.1, 0.15) is 59.1 Å². The maximum atomic E-state index is 13.7. The molecule has 2 heterocycles. The molecule has 0 aromatic heterocycles. The third kappa shape index (κ3) is 8.21. The molecule has 13 heteroatoms. The lowest BCUT2D eigenvalue weighted by Crippen LogP contribution is -2.40. The molecule has 4 atom stereocenters. The topological polar surface area (TPSA) is 121 Å². The van der Waals surface area contributed by atoms with Gasteiger partial charge in [-0.25, -0.2) is 18.5 Å². The Morgan fingerprint density at radius 3 is 1.71 bits per heavy atom. The molecule has 0 N–H and O–H groups in total. The summed E-state index contributed by atoms with van der Waals surface area (Å²) in [5, 5.41) is 8.92. The first-order chi connectivity index (χ1) is 26.0. The standard InChI is InChI=1S/C21H15FN2O3S.C21H18FNO4/c1-12-8-13(5-7-17(12)24-3)18-19(25)21(2,27-20(18)28)11-26-15-6-4-14(10-23)16(22)9-15;1-12-5-7-15(10-16(12)22)26-11-21(3)19(24)18(20(25)27-21)14-6-8-17(23-4)13(2)9-14/h4-9,18H,11H2,1-2H3;5-10,18H,11H2,1-3H3. The molecule has 2 saturated heterocycles. The van der Waals surface area contributed by atoms with Crippen LogP contribution in [0.2, 0.25) is 0 Å². The largest absolute Gasteiger partial charge is 0.489 e. The minimum Gasteiger partial charge on any atom is -0.489 e. The van der Waals surface area contributed by atoms with E-state index >= 15 is 0 Å². The first-order valence-electron chi connectivity index (χ1n) is 16.8. The molecule has 0 aliphatic carbocycles. The van der Waals surface area contributed by atoms with Crippen LogP contribution in [0.4, 0.5) is 20.2 Å². The molecule has 4 unspecified atom stereocenters. The summed E-state index contributed by atoms with van der Waals surface area (Å²) in [6.07, 6.45) is 0. The first-order valence-corrected chi connectivity index (χ1v) is 17.2. The number of Topliss-reactive ketones (excluding diaryl/α,β-unsaturated/α-hetero) is 2. The zero-order chi connectivity index (χ0) is 40.2. The fourth-order valence-corrected chi connectivity index (χ4v) is 6.44. The molecule has 4 aromatic carbocycles. The second-order valence-corrected chi connectivity index (χ2v) is 13.9. The van der Waals surface area contributed by atoms with Gasteiger partial charge in [0.1, 0.15) is 54.3 Å². The number of nitrogens with zero attached hydrogens (tertiary/aromatic N) is 3. The third-order valence-corrected chi connectivity index (χ3v) is 9.59. The van der Waals surface area contributed by atoms with Crippen molar-refractivity contribution in [2.75, 3.05) is 13.2 Å². The molecular weight excluding hydrogens is 729 g/mol. The van der Waals surface area contributed by atoms with E-state index in [1.54, 1.807) is 82.3 Å². The van der Waals surface area contributed by atoms with Gasteiger partial charge in [-0.15, -0.1) is 0 Å². The van der Waals surface area contributed by atoms with Crippen LogP contribution >= 0.6 is 12.2 Å². The van der Waals surface area contributed by atoms with Crippen LogP contribution in [0.5, 0.6) is 11.5 Å². The molecule has 0 bridgehead atoms. The normalized spacial score (nSPS) is 21.3. The molecule has 0 radical (unpaired) electrons. The minimum atomic E-state index is -1.46. The lowest BCUT2D eigenvalue weighted by Gasteiger charge is -2.22. The van der Waals surface area contributed by atoms with Gasteiger partial charge in [-0.05, 0) is 92.9 Å². The van der Waals surface area contributed by atoms with Crippen LogP contribution in [0, 0.1) is 56.9 Å². The zero-order valence-corrected chi connectivity index (χ0v) is 31.2. The Bertz CT molecular complexity index is 2380. The molecular formula is C42H33F2N3O7S. The van der Waals surface area contributed by atoms with E-state index in [9.17, 15) is 23.2 Å². The van der Waals surface area contributed by atoms with E-state index in [-0.39, 0.29) is 41.1 Å². The summed E-state index contributed by atoms with van der Waals surface area (Å²) in [6.45, 7) is 22.1. The van der Waals surface area contributed by atoms with Gasteiger partial charge in [0, 0.05) is 12.1 Å². The van der Waals surface area contributed by atoms with E-state index in [0.717, 1.165) is 11.6 Å². The summed E-state index contributed by atoms with van der Waals surface area (Å²) >= 11 is 5.28. The fourth-order valence-electron chi connectivity index (χ4n) is 6.01. The van der Waals surface area contributed by atoms with Gasteiger partial charge < -0.3 is 18.9 Å². The Morgan fingerprint density at radius 2 is 1.22 bits per heavy atom. The van der Waals surface area contributed by atoms with Crippen molar-refractivity contribution in [1.82, 2.24) is 0 Å². The highest BCUT2D eigenvalue weighted by molar-refractivity contribution is 7.80. The highest BCUT2D eigenvalue weighted by Gasteiger charge is 2.54. The molecule has 10 nitrogen and oxygen atoms in total. The summed E-state index contributed by atoms with van der Waals surface area (Å²) in [5.74, 6) is -3.82. The number of halogens is 2. The molecule has 2 aliphatic heterocycles. The highest BCUT2D eigenvalue weighted by atomic mass is 32.1. The van der Waals surface area contributed by atoms with Gasteiger partial charge in [-0.3, -0.25) is 14.4 Å². The number of cyclic esters (lactones) is 1. The van der Waals surface area contributed by atoms with E-state index in [2.05, 4.69) is 9.69 Å². The number of ketones is 2. The van der Waals surface area contributed by atoms with Crippen LogP contribution < -0.4 is 9.47 Å². The molecule has 0 amide bonds. The van der Waals surface area contributed by atoms with Gasteiger partial charge in [-0.2, -0.15) is 5.26 Å². The van der Waals surface area contributed by atoms with Crippen LogP contribution in [0.15, 0.2) is 72.8 Å². The van der Waals surface area contributed by atoms with Crippen molar-refractivity contribution < 1.29 is 42.1 Å². The number of hydrogen-bond donors (Lipinski definition) is 0. The number of aryl methyl sites for hydroxylation is 3. The number of esters is 1. The van der Waals surface area contributed by atoms with Crippen molar-refractivity contribution in [1.29, 1.82) is 5.26 Å². The predicted molar refractivity (Wildman–Crippen MR) is 200 cm³/mol. The zero-order valence-electron chi connectivity index (χ0n) is 30.4. The SMILES string of the molecule is [C-]#[N+]c1ccc(C2C(=O)C(C)(COc3ccc(C#N)c(F)c3)OC2=S)cc1C.[C-]#[N+]c1ccc(C2C(=O)OC(C)(COc3ccc(C)c(F)c3)C2=O)cc1C. The van der Waals surface area contributed by atoms with Crippen molar-refractivity contribution in [2.24, 2.45) is 0 Å². The molecule has 2 fully saturated rings. The first kappa shape index (κ1) is 39.7. The van der Waals surface area contributed by atoms with E-state index < -0.39 is 46.4 Å². The summed E-state index contributed by atoms with van der Waals surface area (Å²) in [6, 6.07) is 19.9. The van der Waals surface area contributed by atoms with Gasteiger partial charge in [0.2, 0.25) is 5.60 Å². The van der Waals surface area contributed by atoms with Crippen molar-refractivity contribution in [2.45, 2.75) is 57.7 Å². The van der Waals surface area contributed by atoms with Crippen molar-refractivity contribution in [3.05, 3.63) is 141 Å². The van der Waals surface area contributed by atoms with Gasteiger partial charge >= 0.3 is 5.97 Å². The molecule has 0 saturated carbocycles. The number of benzene rings is 4. The van der Waals surface area contributed by atoms with Crippen LogP contribution in [0.25, 0.3) is 9.69 Å². The van der Waals surface area contributed by atoms with Crippen molar-refractivity contribution in [3.63, 3.8) is 0 Å². The fraction of sp³-hybridized carbons (Fsp3) is 0.262. The molecule has 55 heavy (non-hydrogen) atoms. The van der Waals surface area contributed by atoms with Gasteiger partial charge in [0.15, 0.2) is 33.6 Å². The second kappa shape index (κ2) is 15.9. The van der Waals surface area contributed by atoms with Crippen LogP contribution in [0.3, 0.4) is 0 Å². The van der Waals surface area contributed by atoms with E-state index in [0.29, 0.717) is 33.6 Å². The Morgan fingerprint density at radius 1 is 0.727 bits per heavy atom. The Kier molecular flexibility index (Phi) is 11.4. The van der Waals surface area contributed by atoms with Gasteiger partial charge in [-0.1, -0.05) is 42.5 Å². The summed E-state index contributed by atoms with van der Waals surface area (Å²) in [4.78, 5) is 45.1. The number of carbonyl (C=O) groups excluding carboxylic acids is 3. The maximum absolute atomic E-state index is 13.7. The Balaban J connectivity index is 0.000000211. The monoisotopic (exact) mass is 761 g/mol. The van der Waals surface area contributed by atoms with E-state index in [1.807, 2.05) is 0 Å². The summed E-state index contributed by atoms with van der Waals surface area (Å²) in [5.41, 5.74) is 1.16. The molecule has 278 valence electrons. The Labute approximate surface area is 321 Å². The smallest absolute Gasteiger partial charge is 0.322 e. The third-order valence-electron chi connectivity index (χ3n) is 9.27. The highest BCUT2D eigenvalue weighted by Crippen LogP contribution is 2.38. The second-order valence-electron chi connectivity index (χ2n) is 13.5. The lowest BCUT2D eigenvalue weighted by molar-refractivity contribution is -0.153. The number of rotatable bonds is 8. The molecule has 2 aliphatic rings. The number of nitriles is 1. The minimum absolute atomic E-state index is 0.0915. The van der Waals surface area contributed by atoms with E-state index in [4.69, 9.17) is 49.6 Å². The maximum Gasteiger partial charge on any atom is 0.322 e. The van der Waals surface area contributed by atoms with Gasteiger partial charge in [0.25, 0.3) is 0 Å². The number of thiocarbonyl (C=S) groups is 1.